The molecule has 0 saturated carbocycles. The Morgan fingerprint density at radius 1 is 1.15 bits per heavy atom. The first-order valence-electron chi connectivity index (χ1n) is 11.1. The fourth-order valence-electron chi connectivity index (χ4n) is 3.42. The van der Waals surface area contributed by atoms with Gasteiger partial charge in [0.15, 0.2) is 0 Å². The summed E-state index contributed by atoms with van der Waals surface area (Å²) in [5.74, 6) is -1.94. The van der Waals surface area contributed by atoms with E-state index in [1.165, 1.54) is 17.0 Å². The Labute approximate surface area is 196 Å². The lowest BCUT2D eigenvalue weighted by molar-refractivity contribution is -0.148. The van der Waals surface area contributed by atoms with E-state index in [9.17, 15) is 27.6 Å². The van der Waals surface area contributed by atoms with E-state index in [1.54, 1.807) is 13.8 Å². The predicted molar refractivity (Wildman–Crippen MR) is 116 cm³/mol. The number of ether oxygens (including phenoxy) is 3. The Morgan fingerprint density at radius 2 is 1.79 bits per heavy atom. The summed E-state index contributed by atoms with van der Waals surface area (Å²) in [6, 6.07) is 4.35. The van der Waals surface area contributed by atoms with Crippen LogP contribution in [0.3, 0.4) is 0 Å². The minimum absolute atomic E-state index is 0.0847. The highest BCUT2D eigenvalue weighted by atomic mass is 19.4. The summed E-state index contributed by atoms with van der Waals surface area (Å²) < 4.78 is 54.6. The van der Waals surface area contributed by atoms with E-state index >= 15 is 0 Å². The van der Waals surface area contributed by atoms with Gasteiger partial charge in [-0.15, -0.1) is 0 Å². The first-order valence-corrected chi connectivity index (χ1v) is 11.1. The maximum absolute atomic E-state index is 13.1. The maximum atomic E-state index is 13.1. The second kappa shape index (κ2) is 12.0. The van der Waals surface area contributed by atoms with Crippen LogP contribution in [0.15, 0.2) is 35.5 Å². The molecule has 0 spiro atoms. The van der Waals surface area contributed by atoms with Gasteiger partial charge in [0.2, 0.25) is 5.91 Å². The van der Waals surface area contributed by atoms with Gasteiger partial charge in [-0.25, -0.2) is 4.79 Å². The number of nitrogens with zero attached hydrogens (tertiary/aromatic N) is 1. The van der Waals surface area contributed by atoms with Crippen molar-refractivity contribution in [3.8, 4) is 0 Å². The molecule has 0 aromatic heterocycles. The average Bonchev–Trinajstić information content (AvgIpc) is 2.75. The molecule has 7 nitrogen and oxygen atoms in total. The van der Waals surface area contributed by atoms with E-state index in [0.29, 0.717) is 11.3 Å². The van der Waals surface area contributed by atoms with Gasteiger partial charge < -0.3 is 19.1 Å². The first-order chi connectivity index (χ1) is 15.9. The van der Waals surface area contributed by atoms with E-state index in [1.807, 2.05) is 13.8 Å². The van der Waals surface area contributed by atoms with E-state index in [2.05, 4.69) is 0 Å². The highest BCUT2D eigenvalue weighted by molar-refractivity contribution is 5.97. The number of carbonyl (C=O) groups excluding carboxylic acids is 3. The summed E-state index contributed by atoms with van der Waals surface area (Å²) in [4.78, 5) is 39.2. The Balaban J connectivity index is 2.45. The van der Waals surface area contributed by atoms with Crippen LogP contribution in [0.1, 0.15) is 51.7 Å². The Bertz CT molecular complexity index is 908. The molecule has 0 saturated heterocycles. The van der Waals surface area contributed by atoms with Gasteiger partial charge in [0, 0.05) is 12.1 Å². The van der Waals surface area contributed by atoms with Crippen LogP contribution in [-0.4, -0.2) is 48.7 Å². The molecule has 0 bridgehead atoms. The highest BCUT2D eigenvalue weighted by Gasteiger charge is 2.34. The van der Waals surface area contributed by atoms with Crippen molar-refractivity contribution in [2.24, 2.45) is 5.92 Å². The molecule has 1 unspecified atom stereocenters. The molecule has 1 atom stereocenters. The van der Waals surface area contributed by atoms with Crippen molar-refractivity contribution < 1.29 is 41.8 Å². The standard InChI is InChI=1S/C24H30F3NO6/c1-5-32-21(30)12-20(29)28(13-17-6-8-18(9-7-17)24(25,26)27)19-10-11-33-16(4)22(19)23(31)34-14-15(2)3/h6-9,15-16H,5,10-14H2,1-4H3. The van der Waals surface area contributed by atoms with Gasteiger partial charge in [0.05, 0.1) is 43.6 Å². The van der Waals surface area contributed by atoms with Crippen LogP contribution >= 0.6 is 0 Å². The molecular formula is C24H30F3NO6. The van der Waals surface area contributed by atoms with Crippen molar-refractivity contribution in [3.63, 3.8) is 0 Å². The molecule has 1 aromatic rings. The van der Waals surface area contributed by atoms with Gasteiger partial charge in [-0.1, -0.05) is 26.0 Å². The summed E-state index contributed by atoms with van der Waals surface area (Å²) in [7, 11) is 0. The first kappa shape index (κ1) is 27.4. The lowest BCUT2D eigenvalue weighted by Gasteiger charge is -2.33. The molecular weight excluding hydrogens is 455 g/mol. The van der Waals surface area contributed by atoms with E-state index < -0.39 is 42.1 Å². The van der Waals surface area contributed by atoms with Gasteiger partial charge in [0.25, 0.3) is 0 Å². The number of rotatable bonds is 9. The Hall–Kier alpha value is -2.88. The lowest BCUT2D eigenvalue weighted by Crippen LogP contribution is -2.38. The number of benzene rings is 1. The van der Waals surface area contributed by atoms with Crippen LogP contribution < -0.4 is 0 Å². The van der Waals surface area contributed by atoms with Crippen molar-refractivity contribution in [1.29, 1.82) is 0 Å². The molecule has 0 radical (unpaired) electrons. The third-order valence-electron chi connectivity index (χ3n) is 5.04. The van der Waals surface area contributed by atoms with Gasteiger partial charge >= 0.3 is 18.1 Å². The number of carbonyl (C=O) groups is 3. The summed E-state index contributed by atoms with van der Waals surface area (Å²) in [6.07, 6.45) is -5.56. The molecule has 1 heterocycles. The Kier molecular flexibility index (Phi) is 9.66. The van der Waals surface area contributed by atoms with E-state index in [4.69, 9.17) is 14.2 Å². The molecule has 2 rings (SSSR count). The molecule has 10 heteroatoms. The van der Waals surface area contributed by atoms with Crippen molar-refractivity contribution in [3.05, 3.63) is 46.7 Å². The fourth-order valence-corrected chi connectivity index (χ4v) is 3.42. The zero-order chi connectivity index (χ0) is 25.5. The van der Waals surface area contributed by atoms with Crippen LogP contribution in [-0.2, 0) is 41.3 Å². The quantitative estimate of drug-likeness (QED) is 0.384. The number of halogens is 3. The largest absolute Gasteiger partial charge is 0.466 e. The van der Waals surface area contributed by atoms with Gasteiger partial charge in [-0.3, -0.25) is 9.59 Å². The maximum Gasteiger partial charge on any atom is 0.416 e. The molecule has 1 amide bonds. The third kappa shape index (κ3) is 7.58. The molecule has 1 aliphatic rings. The highest BCUT2D eigenvalue weighted by Crippen LogP contribution is 2.31. The number of hydrogen-bond acceptors (Lipinski definition) is 6. The summed E-state index contributed by atoms with van der Waals surface area (Å²) in [5, 5.41) is 0. The second-order valence-corrected chi connectivity index (χ2v) is 8.27. The number of esters is 2. The number of alkyl halides is 3. The zero-order valence-electron chi connectivity index (χ0n) is 19.7. The zero-order valence-corrected chi connectivity index (χ0v) is 19.7. The van der Waals surface area contributed by atoms with Crippen LogP contribution in [0.4, 0.5) is 13.2 Å². The summed E-state index contributed by atoms with van der Waals surface area (Å²) >= 11 is 0. The molecule has 0 N–H and O–H groups in total. The smallest absolute Gasteiger partial charge is 0.416 e. The minimum atomic E-state index is -4.50. The predicted octanol–water partition coefficient (Wildman–Crippen LogP) is 4.25. The van der Waals surface area contributed by atoms with E-state index in [0.717, 1.165) is 12.1 Å². The molecule has 0 fully saturated rings. The molecule has 1 aromatic carbocycles. The molecule has 0 aliphatic carbocycles. The lowest BCUT2D eigenvalue weighted by atomic mass is 10.0. The van der Waals surface area contributed by atoms with E-state index in [-0.39, 0.29) is 44.3 Å². The van der Waals surface area contributed by atoms with Crippen molar-refractivity contribution >= 4 is 17.8 Å². The summed E-state index contributed by atoms with van der Waals surface area (Å²) in [5.41, 5.74) is 0.0435. The normalized spacial score (nSPS) is 16.4. The van der Waals surface area contributed by atoms with Gasteiger partial charge in [-0.05, 0) is 37.5 Å². The average molecular weight is 485 g/mol. The number of hydrogen-bond donors (Lipinski definition) is 0. The van der Waals surface area contributed by atoms with Gasteiger partial charge in [0.1, 0.15) is 6.42 Å². The topological polar surface area (TPSA) is 82.1 Å². The van der Waals surface area contributed by atoms with Crippen molar-refractivity contribution in [2.45, 2.75) is 59.4 Å². The van der Waals surface area contributed by atoms with Crippen LogP contribution in [0.5, 0.6) is 0 Å². The third-order valence-corrected chi connectivity index (χ3v) is 5.04. The van der Waals surface area contributed by atoms with Gasteiger partial charge in [-0.2, -0.15) is 13.2 Å². The molecule has 34 heavy (non-hydrogen) atoms. The molecule has 188 valence electrons. The number of amides is 1. The SMILES string of the molecule is CCOC(=O)CC(=O)N(Cc1ccc(C(F)(F)F)cc1)C1=C(C(=O)OCC(C)C)C(C)OCC1. The minimum Gasteiger partial charge on any atom is -0.466 e. The van der Waals surface area contributed by atoms with Crippen LogP contribution in [0.2, 0.25) is 0 Å². The molecule has 1 aliphatic heterocycles. The van der Waals surface area contributed by atoms with Crippen molar-refractivity contribution in [2.75, 3.05) is 19.8 Å². The Morgan fingerprint density at radius 3 is 2.35 bits per heavy atom. The monoisotopic (exact) mass is 485 g/mol. The van der Waals surface area contributed by atoms with Crippen molar-refractivity contribution in [1.82, 2.24) is 4.90 Å². The van der Waals surface area contributed by atoms with Crippen LogP contribution in [0, 0.1) is 5.92 Å². The second-order valence-electron chi connectivity index (χ2n) is 8.27. The fraction of sp³-hybridized carbons (Fsp3) is 0.542. The summed E-state index contributed by atoms with van der Waals surface area (Å²) in [6.45, 7) is 7.34. The van der Waals surface area contributed by atoms with Crippen LogP contribution in [0.25, 0.3) is 0 Å².